The Labute approximate surface area is 100 Å². The molecule has 0 aliphatic carbocycles. The fourth-order valence-corrected chi connectivity index (χ4v) is 1.50. The lowest BCUT2D eigenvalue weighted by atomic mass is 10.2. The first kappa shape index (κ1) is 11.4. The highest BCUT2D eigenvalue weighted by atomic mass is 16.5. The zero-order valence-corrected chi connectivity index (χ0v) is 9.81. The van der Waals surface area contributed by atoms with E-state index < -0.39 is 0 Å². The number of nitrogens with two attached hydrogens (primary N) is 1. The van der Waals surface area contributed by atoms with Crippen LogP contribution in [0.1, 0.15) is 13.3 Å². The molecule has 0 amide bonds. The molecule has 0 atom stereocenters. The summed E-state index contributed by atoms with van der Waals surface area (Å²) < 4.78 is 5.62. The van der Waals surface area contributed by atoms with Crippen molar-refractivity contribution < 1.29 is 4.74 Å². The second-order valence-corrected chi connectivity index (χ2v) is 3.96. The number of hydrogen-bond acceptors (Lipinski definition) is 4. The first-order chi connectivity index (χ1) is 8.16. The average Bonchev–Trinajstić information content (AvgIpc) is 2.28. The maximum atomic E-state index is 5.64. The van der Waals surface area contributed by atoms with E-state index in [2.05, 4.69) is 16.5 Å². The summed E-state index contributed by atoms with van der Waals surface area (Å²) in [5.41, 5.74) is 7.51. The lowest BCUT2D eigenvalue weighted by Crippen LogP contribution is -2.03. The molecule has 1 aromatic heterocycles. The number of fused-ring (bicyclic) bond motifs is 1. The summed E-state index contributed by atoms with van der Waals surface area (Å²) in [6, 6.07) is 7.64. The molecular formula is C13H15N3O. The van der Waals surface area contributed by atoms with Crippen molar-refractivity contribution in [1.29, 1.82) is 0 Å². The molecule has 1 aromatic carbocycles. The van der Waals surface area contributed by atoms with E-state index in [0.717, 1.165) is 22.9 Å². The summed E-state index contributed by atoms with van der Waals surface area (Å²) in [5.74, 6) is 0.767. The molecule has 0 fully saturated rings. The Morgan fingerprint density at radius 3 is 2.88 bits per heavy atom. The van der Waals surface area contributed by atoms with Gasteiger partial charge in [0.25, 0.3) is 0 Å². The number of aromatic nitrogens is 2. The standard InChI is InChI=1S/C13H15N3O/c1-9(2)7-8-17-12-10-5-3-4-6-11(10)15-13(14)16-12/h3-6H,1,7-8H2,2H3,(H2,14,15,16). The SMILES string of the molecule is C=C(C)CCOc1nc(N)nc2ccccc12. The Morgan fingerprint density at radius 1 is 1.35 bits per heavy atom. The molecule has 17 heavy (non-hydrogen) atoms. The fourth-order valence-electron chi connectivity index (χ4n) is 1.50. The predicted octanol–water partition coefficient (Wildman–Crippen LogP) is 2.56. The Balaban J connectivity index is 2.29. The molecule has 0 aliphatic heterocycles. The lowest BCUT2D eigenvalue weighted by molar-refractivity contribution is 0.313. The highest BCUT2D eigenvalue weighted by Crippen LogP contribution is 2.22. The van der Waals surface area contributed by atoms with Crippen molar-refractivity contribution >= 4 is 16.9 Å². The molecule has 2 aromatic rings. The van der Waals surface area contributed by atoms with Gasteiger partial charge in [-0.25, -0.2) is 4.98 Å². The van der Waals surface area contributed by atoms with Crippen LogP contribution in [0.3, 0.4) is 0 Å². The fraction of sp³-hybridized carbons (Fsp3) is 0.231. The van der Waals surface area contributed by atoms with E-state index in [1.807, 2.05) is 31.2 Å². The quantitative estimate of drug-likeness (QED) is 0.818. The topological polar surface area (TPSA) is 61.0 Å². The first-order valence-corrected chi connectivity index (χ1v) is 5.46. The number of benzene rings is 1. The summed E-state index contributed by atoms with van der Waals surface area (Å²) >= 11 is 0. The third-order valence-electron chi connectivity index (χ3n) is 2.35. The lowest BCUT2D eigenvalue weighted by Gasteiger charge is -2.08. The van der Waals surface area contributed by atoms with E-state index in [-0.39, 0.29) is 5.95 Å². The Hall–Kier alpha value is -2.10. The molecule has 0 saturated heterocycles. The van der Waals surface area contributed by atoms with E-state index in [0.29, 0.717) is 12.5 Å². The maximum absolute atomic E-state index is 5.64. The zero-order chi connectivity index (χ0) is 12.3. The smallest absolute Gasteiger partial charge is 0.226 e. The van der Waals surface area contributed by atoms with Crippen molar-refractivity contribution in [3.8, 4) is 5.88 Å². The molecule has 4 heteroatoms. The molecule has 0 saturated carbocycles. The van der Waals surface area contributed by atoms with Crippen LogP contribution in [-0.2, 0) is 0 Å². The van der Waals surface area contributed by atoms with Gasteiger partial charge in [0.2, 0.25) is 11.8 Å². The number of rotatable bonds is 4. The largest absolute Gasteiger partial charge is 0.477 e. The predicted molar refractivity (Wildman–Crippen MR) is 68.9 cm³/mol. The van der Waals surface area contributed by atoms with Gasteiger partial charge in [-0.2, -0.15) is 4.98 Å². The number of anilines is 1. The summed E-state index contributed by atoms with van der Waals surface area (Å²) in [6.45, 7) is 6.35. The van der Waals surface area contributed by atoms with E-state index in [9.17, 15) is 0 Å². The average molecular weight is 229 g/mol. The molecule has 0 unspecified atom stereocenters. The first-order valence-electron chi connectivity index (χ1n) is 5.46. The minimum Gasteiger partial charge on any atom is -0.477 e. The van der Waals surface area contributed by atoms with Crippen molar-refractivity contribution in [3.63, 3.8) is 0 Å². The van der Waals surface area contributed by atoms with Gasteiger partial charge in [-0.05, 0) is 19.1 Å². The summed E-state index contributed by atoms with van der Waals surface area (Å²) in [7, 11) is 0. The van der Waals surface area contributed by atoms with Crippen LogP contribution >= 0.6 is 0 Å². The molecule has 0 radical (unpaired) electrons. The van der Waals surface area contributed by atoms with Crippen molar-refractivity contribution in [3.05, 3.63) is 36.4 Å². The maximum Gasteiger partial charge on any atom is 0.226 e. The monoisotopic (exact) mass is 229 g/mol. The summed E-state index contributed by atoms with van der Waals surface area (Å²) in [4.78, 5) is 8.26. The van der Waals surface area contributed by atoms with Gasteiger partial charge in [0.1, 0.15) is 0 Å². The molecule has 2 rings (SSSR count). The van der Waals surface area contributed by atoms with E-state index in [1.165, 1.54) is 0 Å². The molecule has 88 valence electrons. The molecule has 1 heterocycles. The second kappa shape index (κ2) is 4.82. The van der Waals surface area contributed by atoms with E-state index >= 15 is 0 Å². The van der Waals surface area contributed by atoms with Gasteiger partial charge in [0, 0.05) is 6.42 Å². The van der Waals surface area contributed by atoms with Crippen LogP contribution in [0.4, 0.5) is 5.95 Å². The molecule has 0 aliphatic rings. The molecule has 0 bridgehead atoms. The van der Waals surface area contributed by atoms with Crippen LogP contribution < -0.4 is 10.5 Å². The highest BCUT2D eigenvalue weighted by molar-refractivity contribution is 5.84. The molecule has 2 N–H and O–H groups in total. The van der Waals surface area contributed by atoms with Gasteiger partial charge in [-0.1, -0.05) is 17.7 Å². The van der Waals surface area contributed by atoms with Gasteiger partial charge < -0.3 is 10.5 Å². The number of nitrogens with zero attached hydrogens (tertiary/aromatic N) is 2. The highest BCUT2D eigenvalue weighted by Gasteiger charge is 2.06. The minimum atomic E-state index is 0.231. The molecular weight excluding hydrogens is 214 g/mol. The number of hydrogen-bond donors (Lipinski definition) is 1. The van der Waals surface area contributed by atoms with Crippen molar-refractivity contribution in [2.75, 3.05) is 12.3 Å². The molecule has 0 spiro atoms. The Bertz CT molecular complexity index is 551. The van der Waals surface area contributed by atoms with Gasteiger partial charge in [0.05, 0.1) is 17.5 Å². The van der Waals surface area contributed by atoms with Gasteiger partial charge in [0.15, 0.2) is 0 Å². The number of para-hydroxylation sites is 1. The van der Waals surface area contributed by atoms with Gasteiger partial charge in [-0.15, -0.1) is 6.58 Å². The van der Waals surface area contributed by atoms with Crippen LogP contribution in [0.15, 0.2) is 36.4 Å². The van der Waals surface area contributed by atoms with Gasteiger partial charge in [-0.3, -0.25) is 0 Å². The Kier molecular flexibility index (Phi) is 3.23. The van der Waals surface area contributed by atoms with Gasteiger partial charge >= 0.3 is 0 Å². The van der Waals surface area contributed by atoms with Crippen molar-refractivity contribution in [2.24, 2.45) is 0 Å². The van der Waals surface area contributed by atoms with Crippen molar-refractivity contribution in [2.45, 2.75) is 13.3 Å². The van der Waals surface area contributed by atoms with Crippen LogP contribution in [0.5, 0.6) is 5.88 Å². The van der Waals surface area contributed by atoms with E-state index in [1.54, 1.807) is 0 Å². The zero-order valence-electron chi connectivity index (χ0n) is 9.81. The normalized spacial score (nSPS) is 10.4. The second-order valence-electron chi connectivity index (χ2n) is 3.96. The van der Waals surface area contributed by atoms with E-state index in [4.69, 9.17) is 10.5 Å². The summed E-state index contributed by atoms with van der Waals surface area (Å²) in [5, 5.41) is 0.878. The van der Waals surface area contributed by atoms with Crippen LogP contribution in [-0.4, -0.2) is 16.6 Å². The number of nitrogen functional groups attached to an aromatic ring is 1. The van der Waals surface area contributed by atoms with Crippen LogP contribution in [0.2, 0.25) is 0 Å². The number of ether oxygens (including phenoxy) is 1. The van der Waals surface area contributed by atoms with Crippen LogP contribution in [0.25, 0.3) is 10.9 Å². The Morgan fingerprint density at radius 2 is 2.12 bits per heavy atom. The van der Waals surface area contributed by atoms with Crippen molar-refractivity contribution in [1.82, 2.24) is 9.97 Å². The van der Waals surface area contributed by atoms with Crippen LogP contribution in [0, 0.1) is 0 Å². The minimum absolute atomic E-state index is 0.231. The third-order valence-corrected chi connectivity index (χ3v) is 2.35. The summed E-state index contributed by atoms with van der Waals surface area (Å²) in [6.07, 6.45) is 0.804. The third kappa shape index (κ3) is 2.72. The molecule has 4 nitrogen and oxygen atoms in total.